The van der Waals surface area contributed by atoms with Crippen molar-refractivity contribution in [1.29, 1.82) is 0 Å². The Morgan fingerprint density at radius 3 is 2.56 bits per heavy atom. The predicted octanol–water partition coefficient (Wildman–Crippen LogP) is 3.50. The van der Waals surface area contributed by atoms with E-state index in [2.05, 4.69) is 15.5 Å². The minimum Gasteiger partial charge on any atom is -0.299 e. The lowest BCUT2D eigenvalue weighted by atomic mass is 9.90. The summed E-state index contributed by atoms with van der Waals surface area (Å²) in [6, 6.07) is 5.81. The van der Waals surface area contributed by atoms with Gasteiger partial charge in [0.1, 0.15) is 5.01 Å². The average Bonchev–Trinajstić information content (AvgIpc) is 3.11. The Labute approximate surface area is 167 Å². The van der Waals surface area contributed by atoms with Crippen molar-refractivity contribution < 1.29 is 13.2 Å². The van der Waals surface area contributed by atoms with Crippen LogP contribution in [0.5, 0.6) is 0 Å². The maximum atomic E-state index is 12.5. The van der Waals surface area contributed by atoms with E-state index >= 15 is 0 Å². The third kappa shape index (κ3) is 5.04. The Balaban J connectivity index is 1.60. The minimum atomic E-state index is -3.77. The molecule has 0 bridgehead atoms. The second-order valence-electron chi connectivity index (χ2n) is 6.54. The van der Waals surface area contributed by atoms with Crippen LogP contribution < -0.4 is 5.32 Å². The molecule has 1 saturated carbocycles. The summed E-state index contributed by atoms with van der Waals surface area (Å²) in [5.74, 6) is -0.0451. The van der Waals surface area contributed by atoms with E-state index in [4.69, 9.17) is 11.6 Å². The molecule has 0 aliphatic heterocycles. The second kappa shape index (κ2) is 8.64. The highest BCUT2D eigenvalue weighted by Gasteiger charge is 2.24. The van der Waals surface area contributed by atoms with E-state index < -0.39 is 15.9 Å². The summed E-state index contributed by atoms with van der Waals surface area (Å²) in [4.78, 5) is 12.3. The number of carbonyl (C=O) groups excluding carboxylic acids is 1. The molecule has 7 nitrogen and oxygen atoms in total. The number of sulfonamides is 1. The van der Waals surface area contributed by atoms with Crippen molar-refractivity contribution >= 4 is 44.0 Å². The van der Waals surface area contributed by atoms with Crippen LogP contribution in [0.3, 0.4) is 0 Å². The van der Waals surface area contributed by atoms with Crippen LogP contribution in [0.1, 0.15) is 43.0 Å². The van der Waals surface area contributed by atoms with Gasteiger partial charge in [-0.2, -0.15) is 4.31 Å². The van der Waals surface area contributed by atoms with E-state index in [-0.39, 0.29) is 11.4 Å². The second-order valence-corrected chi connectivity index (χ2v) is 10.0. The average molecular weight is 429 g/mol. The van der Waals surface area contributed by atoms with Gasteiger partial charge in [0.15, 0.2) is 0 Å². The maximum absolute atomic E-state index is 12.5. The van der Waals surface area contributed by atoms with Crippen molar-refractivity contribution in [2.75, 3.05) is 18.9 Å². The van der Waals surface area contributed by atoms with E-state index in [1.807, 2.05) is 0 Å². The topological polar surface area (TPSA) is 92.3 Å². The molecule has 10 heteroatoms. The van der Waals surface area contributed by atoms with Crippen molar-refractivity contribution in [3.63, 3.8) is 0 Å². The quantitative estimate of drug-likeness (QED) is 0.760. The number of halogens is 1. The van der Waals surface area contributed by atoms with Gasteiger partial charge in [-0.25, -0.2) is 8.42 Å². The zero-order valence-electron chi connectivity index (χ0n) is 14.9. The van der Waals surface area contributed by atoms with Crippen LogP contribution >= 0.6 is 22.9 Å². The van der Waals surface area contributed by atoms with E-state index in [1.165, 1.54) is 61.9 Å². The lowest BCUT2D eigenvalue weighted by Gasteiger charge is -2.18. The summed E-state index contributed by atoms with van der Waals surface area (Å²) in [5.41, 5.74) is 0. The van der Waals surface area contributed by atoms with Crippen LogP contribution in [0.25, 0.3) is 0 Å². The number of benzene rings is 1. The van der Waals surface area contributed by atoms with Gasteiger partial charge in [-0.05, 0) is 37.1 Å². The molecule has 0 unspecified atom stereocenters. The largest absolute Gasteiger partial charge is 0.299 e. The Morgan fingerprint density at radius 1 is 1.22 bits per heavy atom. The summed E-state index contributed by atoms with van der Waals surface area (Å²) < 4.78 is 26.0. The fourth-order valence-electron chi connectivity index (χ4n) is 3.03. The lowest BCUT2D eigenvalue weighted by Crippen LogP contribution is -2.34. The number of anilines is 1. The van der Waals surface area contributed by atoms with Crippen molar-refractivity contribution in [3.05, 3.63) is 34.3 Å². The van der Waals surface area contributed by atoms with Crippen molar-refractivity contribution in [2.24, 2.45) is 0 Å². The van der Waals surface area contributed by atoms with Crippen LogP contribution in [-0.2, 0) is 14.8 Å². The van der Waals surface area contributed by atoms with E-state index in [9.17, 15) is 13.2 Å². The third-order valence-corrected chi connectivity index (χ3v) is 7.60. The summed E-state index contributed by atoms with van der Waals surface area (Å²) >= 11 is 7.15. The summed E-state index contributed by atoms with van der Waals surface area (Å²) in [6.45, 7) is -0.316. The molecule has 0 saturated heterocycles. The van der Waals surface area contributed by atoms with Gasteiger partial charge in [-0.1, -0.05) is 42.2 Å². The number of likely N-dealkylation sites (N-methyl/N-ethyl adjacent to an activating group) is 1. The maximum Gasteiger partial charge on any atom is 0.243 e. The minimum absolute atomic E-state index is 0.0812. The number of nitrogens with zero attached hydrogens (tertiary/aromatic N) is 3. The standard InChI is InChI=1S/C17H21ClN4O3S2/c1-22(27(24,25)14-9-7-13(18)8-10-14)11-15(23)19-17-21-20-16(26-17)12-5-3-2-4-6-12/h7-10,12H,2-6,11H2,1H3,(H,19,21,23). The normalized spacial score (nSPS) is 15.8. The smallest absolute Gasteiger partial charge is 0.243 e. The highest BCUT2D eigenvalue weighted by Crippen LogP contribution is 2.35. The fraction of sp³-hybridized carbons (Fsp3) is 0.471. The molecule has 3 rings (SSSR count). The Bertz CT molecular complexity index is 893. The predicted molar refractivity (Wildman–Crippen MR) is 106 cm³/mol. The first kappa shape index (κ1) is 20.2. The molecular formula is C17H21ClN4O3S2. The van der Waals surface area contributed by atoms with E-state index in [0.29, 0.717) is 16.1 Å². The van der Waals surface area contributed by atoms with Gasteiger partial charge in [0, 0.05) is 18.0 Å². The number of hydrogen-bond donors (Lipinski definition) is 1. The number of nitrogens with one attached hydrogen (secondary N) is 1. The molecule has 1 fully saturated rings. The first-order valence-corrected chi connectivity index (χ1v) is 11.3. The van der Waals surface area contributed by atoms with Crippen LogP contribution in [0.4, 0.5) is 5.13 Å². The Hall–Kier alpha value is -1.55. The van der Waals surface area contributed by atoms with Gasteiger partial charge in [0.2, 0.25) is 21.1 Å². The van der Waals surface area contributed by atoms with Crippen LogP contribution in [0.2, 0.25) is 5.02 Å². The Kier molecular flexibility index (Phi) is 6.46. The molecule has 1 aromatic heterocycles. The van der Waals surface area contributed by atoms with Gasteiger partial charge in [-0.3, -0.25) is 10.1 Å². The zero-order chi connectivity index (χ0) is 19.4. The highest BCUT2D eigenvalue weighted by atomic mass is 35.5. The van der Waals surface area contributed by atoms with Gasteiger partial charge in [-0.15, -0.1) is 10.2 Å². The first-order valence-electron chi connectivity index (χ1n) is 8.71. The van der Waals surface area contributed by atoms with Crippen molar-refractivity contribution in [3.8, 4) is 0 Å². The number of aromatic nitrogens is 2. The molecule has 1 aliphatic rings. The number of carbonyl (C=O) groups is 1. The third-order valence-electron chi connectivity index (χ3n) is 4.53. The van der Waals surface area contributed by atoms with Gasteiger partial charge in [0.25, 0.3) is 0 Å². The summed E-state index contributed by atoms with van der Waals surface area (Å²) in [6.07, 6.45) is 5.85. The van der Waals surface area contributed by atoms with Crippen molar-refractivity contribution in [2.45, 2.75) is 42.9 Å². The molecule has 2 aromatic rings. The molecule has 146 valence electrons. The highest BCUT2D eigenvalue weighted by molar-refractivity contribution is 7.89. The van der Waals surface area contributed by atoms with Crippen LogP contribution in [-0.4, -0.2) is 42.4 Å². The SMILES string of the molecule is CN(CC(=O)Nc1nnc(C2CCCCC2)s1)S(=O)(=O)c1ccc(Cl)cc1. The van der Waals surface area contributed by atoms with Crippen LogP contribution in [0, 0.1) is 0 Å². The molecule has 0 spiro atoms. The molecule has 1 aliphatic carbocycles. The van der Waals surface area contributed by atoms with E-state index in [0.717, 1.165) is 22.2 Å². The first-order chi connectivity index (χ1) is 12.9. The molecule has 1 heterocycles. The van der Waals surface area contributed by atoms with Gasteiger partial charge >= 0.3 is 0 Å². The molecule has 1 amide bonds. The van der Waals surface area contributed by atoms with Gasteiger partial charge in [0.05, 0.1) is 11.4 Å². The summed E-state index contributed by atoms with van der Waals surface area (Å²) in [7, 11) is -2.42. The van der Waals surface area contributed by atoms with Gasteiger partial charge < -0.3 is 0 Å². The molecular weight excluding hydrogens is 408 g/mol. The van der Waals surface area contributed by atoms with Crippen LogP contribution in [0.15, 0.2) is 29.2 Å². The molecule has 27 heavy (non-hydrogen) atoms. The lowest BCUT2D eigenvalue weighted by molar-refractivity contribution is -0.116. The molecule has 0 radical (unpaired) electrons. The fourth-order valence-corrected chi connectivity index (χ4v) is 5.21. The molecule has 0 atom stereocenters. The van der Waals surface area contributed by atoms with Crippen molar-refractivity contribution in [1.82, 2.24) is 14.5 Å². The van der Waals surface area contributed by atoms with E-state index in [1.54, 1.807) is 0 Å². The summed E-state index contributed by atoms with van der Waals surface area (Å²) in [5, 5.41) is 12.6. The monoisotopic (exact) mass is 428 g/mol. The Morgan fingerprint density at radius 2 is 1.89 bits per heavy atom. The number of hydrogen-bond acceptors (Lipinski definition) is 6. The number of rotatable bonds is 6. The number of amides is 1. The zero-order valence-corrected chi connectivity index (χ0v) is 17.3. The molecule has 1 N–H and O–H groups in total. The molecule has 1 aromatic carbocycles.